The third-order valence-electron chi connectivity index (χ3n) is 4.88. The normalized spacial score (nSPS) is 16.7. The molecular weight excluding hydrogens is 408 g/mol. The number of carbonyl (C=O) groups excluding carboxylic acids is 1. The van der Waals surface area contributed by atoms with E-state index in [0.29, 0.717) is 15.3 Å². The molecule has 154 valence electrons. The second-order valence-corrected chi connectivity index (χ2v) is 8.54. The minimum atomic E-state index is -0.657. The zero-order valence-corrected chi connectivity index (χ0v) is 18.3. The Bertz CT molecular complexity index is 982. The predicted octanol–water partition coefficient (Wildman–Crippen LogP) is 3.78. The third kappa shape index (κ3) is 4.97. The molecule has 0 saturated carbocycles. The molecule has 1 N–H and O–H groups in total. The number of anilines is 1. The molecule has 9 heteroatoms. The molecule has 1 aliphatic rings. The number of hydrogen-bond donors (Lipinski definition) is 1. The number of nitrogens with one attached hydrogen (secondary N) is 1. The molecule has 1 aliphatic heterocycles. The van der Waals surface area contributed by atoms with Crippen LogP contribution in [0.2, 0.25) is 0 Å². The number of H-pyrrole nitrogens is 1. The van der Waals surface area contributed by atoms with Crippen LogP contribution in [0, 0.1) is 0 Å². The molecule has 1 aromatic carbocycles. The molecule has 0 aliphatic carbocycles. The van der Waals surface area contributed by atoms with Gasteiger partial charge in [0.05, 0.1) is 11.4 Å². The molecule has 1 amide bonds. The van der Waals surface area contributed by atoms with Crippen LogP contribution in [0.3, 0.4) is 0 Å². The summed E-state index contributed by atoms with van der Waals surface area (Å²) in [6, 6.07) is 8.62. The third-order valence-corrected chi connectivity index (χ3v) is 6.26. The van der Waals surface area contributed by atoms with Crippen LogP contribution in [0.5, 0.6) is 0 Å². The fraction of sp³-hybridized carbons (Fsp3) is 0.400. The fourth-order valence-electron chi connectivity index (χ4n) is 3.32. The van der Waals surface area contributed by atoms with Gasteiger partial charge in [-0.1, -0.05) is 61.5 Å². The van der Waals surface area contributed by atoms with Crippen molar-refractivity contribution in [1.29, 1.82) is 0 Å². The van der Waals surface area contributed by atoms with Crippen molar-refractivity contribution in [3.63, 3.8) is 0 Å². The average Bonchev–Trinajstić information content (AvgIpc) is 3.24. The van der Waals surface area contributed by atoms with Gasteiger partial charge in [-0.3, -0.25) is 19.2 Å². The van der Waals surface area contributed by atoms with Crippen molar-refractivity contribution in [2.24, 2.45) is 0 Å². The van der Waals surface area contributed by atoms with Gasteiger partial charge in [0.2, 0.25) is 0 Å². The van der Waals surface area contributed by atoms with E-state index < -0.39 is 5.76 Å². The van der Waals surface area contributed by atoms with Gasteiger partial charge in [-0.15, -0.1) is 0 Å². The number of carbonyl (C=O) groups is 1. The summed E-state index contributed by atoms with van der Waals surface area (Å²) < 4.78 is 4.90. The largest absolute Gasteiger partial charge is 0.438 e. The summed E-state index contributed by atoms with van der Waals surface area (Å²) in [4.78, 5) is 30.5. The van der Waals surface area contributed by atoms with Gasteiger partial charge in [-0.25, -0.2) is 4.79 Å². The Kier molecular flexibility index (Phi) is 6.92. The molecular formula is C20H24N4O3S2. The van der Waals surface area contributed by atoms with Crippen molar-refractivity contribution in [1.82, 2.24) is 15.0 Å². The number of thioether (sulfide) groups is 1. The van der Waals surface area contributed by atoms with Crippen LogP contribution < -0.4 is 10.7 Å². The quantitative estimate of drug-likeness (QED) is 0.502. The maximum atomic E-state index is 12.8. The number of amides is 1. The van der Waals surface area contributed by atoms with Gasteiger partial charge in [0, 0.05) is 18.8 Å². The second kappa shape index (κ2) is 9.41. The monoisotopic (exact) mass is 432 g/mol. The van der Waals surface area contributed by atoms with Crippen LogP contribution in [0.1, 0.15) is 44.5 Å². The van der Waals surface area contributed by atoms with E-state index in [1.54, 1.807) is 0 Å². The van der Waals surface area contributed by atoms with E-state index in [0.717, 1.165) is 30.5 Å². The van der Waals surface area contributed by atoms with Crippen molar-refractivity contribution in [2.45, 2.75) is 45.7 Å². The zero-order chi connectivity index (χ0) is 21.0. The molecule has 2 heterocycles. The SMILES string of the molecule is CCCC(CC)N(C)c1cccc(/C=C2\SC(=S)N(Cc3noc(=O)[nH]3)C2=O)c1. The van der Waals surface area contributed by atoms with Crippen molar-refractivity contribution in [3.8, 4) is 0 Å². The van der Waals surface area contributed by atoms with E-state index in [9.17, 15) is 9.59 Å². The Morgan fingerprint density at radius 3 is 2.83 bits per heavy atom. The average molecular weight is 433 g/mol. The number of benzene rings is 1. The van der Waals surface area contributed by atoms with E-state index in [1.807, 2.05) is 18.2 Å². The van der Waals surface area contributed by atoms with Crippen molar-refractivity contribution in [3.05, 3.63) is 51.1 Å². The number of nitrogens with zero attached hydrogens (tertiary/aromatic N) is 3. The van der Waals surface area contributed by atoms with Gasteiger partial charge in [0.15, 0.2) is 5.82 Å². The molecule has 1 fully saturated rings. The van der Waals surface area contributed by atoms with Crippen molar-refractivity contribution in [2.75, 3.05) is 11.9 Å². The van der Waals surface area contributed by atoms with Gasteiger partial charge in [0.25, 0.3) is 5.91 Å². The molecule has 1 atom stereocenters. The first-order chi connectivity index (χ1) is 13.9. The van der Waals surface area contributed by atoms with Gasteiger partial charge in [-0.05, 0) is 36.6 Å². The number of thiocarbonyl (C=S) groups is 1. The number of aromatic amines is 1. The number of rotatable bonds is 8. The number of hydrogen-bond acceptors (Lipinski definition) is 7. The Balaban J connectivity index is 1.78. The molecule has 1 saturated heterocycles. The van der Waals surface area contributed by atoms with Crippen molar-refractivity contribution < 1.29 is 9.32 Å². The molecule has 1 aromatic heterocycles. The Morgan fingerprint density at radius 2 is 2.17 bits per heavy atom. The van der Waals surface area contributed by atoms with E-state index in [2.05, 4.69) is 52.6 Å². The number of aromatic nitrogens is 2. The smallest absolute Gasteiger partial charge is 0.372 e. The highest BCUT2D eigenvalue weighted by atomic mass is 32.2. The Labute approximate surface area is 179 Å². The Hall–Kier alpha value is -2.39. The standard InChI is InChI=1S/C20H24N4O3S2/c1-4-7-14(5-2)23(3)15-9-6-8-13(10-15)11-16-18(25)24(20(28)29-16)12-17-21-19(26)27-22-17/h6,8-11,14H,4-5,7,12H2,1-3H3,(H,21,22,26)/b16-11-. The molecule has 0 spiro atoms. The lowest BCUT2D eigenvalue weighted by atomic mass is 10.1. The topological polar surface area (TPSA) is 82.4 Å². The minimum absolute atomic E-state index is 0.0751. The first-order valence-corrected chi connectivity index (χ1v) is 10.8. The summed E-state index contributed by atoms with van der Waals surface area (Å²) in [5.74, 6) is -0.604. The molecule has 1 unspecified atom stereocenters. The summed E-state index contributed by atoms with van der Waals surface area (Å²) in [6.07, 6.45) is 5.21. The first-order valence-electron chi connectivity index (χ1n) is 9.56. The maximum Gasteiger partial charge on any atom is 0.438 e. The van der Waals surface area contributed by atoms with E-state index in [-0.39, 0.29) is 18.3 Å². The predicted molar refractivity (Wildman–Crippen MR) is 120 cm³/mol. The summed E-state index contributed by atoms with van der Waals surface area (Å²) >= 11 is 6.57. The van der Waals surface area contributed by atoms with Gasteiger partial charge in [0.1, 0.15) is 4.32 Å². The molecule has 0 radical (unpaired) electrons. The maximum absolute atomic E-state index is 12.8. The lowest BCUT2D eigenvalue weighted by molar-refractivity contribution is -0.122. The van der Waals surface area contributed by atoms with E-state index >= 15 is 0 Å². The fourth-order valence-corrected chi connectivity index (χ4v) is 4.57. The second-order valence-electron chi connectivity index (χ2n) is 6.87. The molecule has 3 rings (SSSR count). The van der Waals surface area contributed by atoms with Crippen LogP contribution in [0.15, 0.2) is 38.5 Å². The lowest BCUT2D eigenvalue weighted by Crippen LogP contribution is -2.30. The molecule has 2 aromatic rings. The van der Waals surface area contributed by atoms with Crippen molar-refractivity contribution >= 4 is 46.0 Å². The van der Waals surface area contributed by atoms with Crippen LogP contribution in [0.4, 0.5) is 5.69 Å². The molecule has 7 nitrogen and oxygen atoms in total. The zero-order valence-electron chi connectivity index (χ0n) is 16.7. The van der Waals surface area contributed by atoms with Crippen LogP contribution >= 0.6 is 24.0 Å². The summed E-state index contributed by atoms with van der Waals surface area (Å²) in [5.41, 5.74) is 2.06. The molecule has 0 bridgehead atoms. The van der Waals surface area contributed by atoms with Crippen LogP contribution in [-0.4, -0.2) is 38.4 Å². The van der Waals surface area contributed by atoms with Crippen LogP contribution in [0.25, 0.3) is 6.08 Å². The van der Waals surface area contributed by atoms with E-state index in [4.69, 9.17) is 12.2 Å². The minimum Gasteiger partial charge on any atom is -0.372 e. The molecule has 29 heavy (non-hydrogen) atoms. The van der Waals surface area contributed by atoms with Gasteiger partial charge in [-0.2, -0.15) is 0 Å². The summed E-state index contributed by atoms with van der Waals surface area (Å²) in [7, 11) is 2.11. The highest BCUT2D eigenvalue weighted by molar-refractivity contribution is 8.26. The van der Waals surface area contributed by atoms with Crippen LogP contribution in [-0.2, 0) is 11.3 Å². The first kappa shape index (κ1) is 21.3. The highest BCUT2D eigenvalue weighted by Crippen LogP contribution is 2.33. The van der Waals surface area contributed by atoms with E-state index in [1.165, 1.54) is 16.7 Å². The summed E-state index contributed by atoms with van der Waals surface area (Å²) in [5, 5.41) is 3.60. The lowest BCUT2D eigenvalue weighted by Gasteiger charge is -2.29. The summed E-state index contributed by atoms with van der Waals surface area (Å²) in [6.45, 7) is 4.48. The highest BCUT2D eigenvalue weighted by Gasteiger charge is 2.32. The van der Waals surface area contributed by atoms with Gasteiger partial charge < -0.3 is 4.90 Å². The van der Waals surface area contributed by atoms with Gasteiger partial charge >= 0.3 is 5.76 Å². The Morgan fingerprint density at radius 1 is 1.38 bits per heavy atom.